The van der Waals surface area contributed by atoms with Crippen LogP contribution in [0.3, 0.4) is 0 Å². The maximum Gasteiger partial charge on any atom is 0.0427 e. The molecule has 1 saturated carbocycles. The van der Waals surface area contributed by atoms with E-state index in [1.807, 2.05) is 0 Å². The molecular weight excluding hydrogens is 334 g/mol. The van der Waals surface area contributed by atoms with Gasteiger partial charge in [0, 0.05) is 25.0 Å². The Kier molecular flexibility index (Phi) is 8.19. The first-order chi connectivity index (χ1) is 11.6. The predicted molar refractivity (Wildman–Crippen MR) is 76.3 cm³/mol. The second-order valence-electron chi connectivity index (χ2n) is 6.39. The second kappa shape index (κ2) is 9.41. The normalized spacial score (nSPS) is 33.0. The van der Waals surface area contributed by atoms with Crippen molar-refractivity contribution < 1.29 is 35.1 Å². The van der Waals surface area contributed by atoms with Crippen LogP contribution < -0.4 is 30.8 Å². The molecule has 1 N–H and O–H groups in total. The monoisotopic (exact) mass is 358 g/mol. The molecule has 0 saturated heterocycles. The maximum atomic E-state index is 12.8. The first-order valence-corrected chi connectivity index (χ1v) is 8.06. The highest BCUT2D eigenvalue weighted by atomic mass is 16.4. The number of carbonyl (C=O) groups excluding carboxylic acids is 2. The predicted octanol–water partition coefficient (Wildman–Crippen LogP) is -7.34. The van der Waals surface area contributed by atoms with Crippen molar-refractivity contribution in [2.24, 2.45) is 0 Å². The SMILES string of the molecule is CNC1[C@@H]([O-])[C@@H](N(C)CCC(=O)[O-])C([O-])[C@@H](N(C)CCC(=O)[O-])[C@H]1[O-]. The Bertz CT molecular complexity index is 426. The fourth-order valence-corrected chi connectivity index (χ4v) is 3.35. The summed E-state index contributed by atoms with van der Waals surface area (Å²) in [5.74, 6) is -2.61. The number of carbonyl (C=O) groups is 2. The average molecular weight is 358 g/mol. The zero-order valence-electron chi connectivity index (χ0n) is 14.5. The van der Waals surface area contributed by atoms with Gasteiger partial charge >= 0.3 is 0 Å². The first-order valence-electron chi connectivity index (χ1n) is 8.06. The van der Waals surface area contributed by atoms with E-state index in [-0.39, 0.29) is 25.9 Å². The minimum atomic E-state index is -1.60. The largest absolute Gasteiger partial charge is 0.850 e. The van der Waals surface area contributed by atoms with Crippen LogP contribution in [0.5, 0.6) is 0 Å². The summed E-state index contributed by atoms with van der Waals surface area (Å²) in [6.07, 6.45) is -5.36. The van der Waals surface area contributed by atoms with Crippen molar-refractivity contribution in [1.29, 1.82) is 0 Å². The Morgan fingerprint density at radius 1 is 0.840 bits per heavy atom. The molecule has 0 radical (unpaired) electrons. The summed E-state index contributed by atoms with van der Waals surface area (Å²) >= 11 is 0. The molecule has 0 spiro atoms. The third kappa shape index (κ3) is 5.33. The molecule has 1 aliphatic carbocycles. The van der Waals surface area contributed by atoms with Crippen LogP contribution in [0.25, 0.3) is 0 Å². The molecule has 10 nitrogen and oxygen atoms in total. The van der Waals surface area contributed by atoms with Gasteiger partial charge in [0.15, 0.2) is 0 Å². The van der Waals surface area contributed by atoms with Gasteiger partial charge in [-0.2, -0.15) is 0 Å². The van der Waals surface area contributed by atoms with Crippen LogP contribution in [0.2, 0.25) is 0 Å². The molecule has 0 aromatic rings. The summed E-state index contributed by atoms with van der Waals surface area (Å²) in [6, 6.07) is -3.27. The van der Waals surface area contributed by atoms with Crippen molar-refractivity contribution in [3.63, 3.8) is 0 Å². The molecule has 0 amide bonds. The number of rotatable bonds is 9. The molecule has 25 heavy (non-hydrogen) atoms. The van der Waals surface area contributed by atoms with E-state index in [1.54, 1.807) is 0 Å². The van der Waals surface area contributed by atoms with Crippen LogP contribution >= 0.6 is 0 Å². The number of carboxylic acids is 2. The highest BCUT2D eigenvalue weighted by Gasteiger charge is 2.39. The molecule has 0 aliphatic heterocycles. The highest BCUT2D eigenvalue weighted by Crippen LogP contribution is 2.24. The van der Waals surface area contributed by atoms with E-state index in [0.717, 1.165) is 0 Å². The number of hydrogen-bond acceptors (Lipinski definition) is 10. The molecule has 0 aromatic heterocycles. The van der Waals surface area contributed by atoms with Gasteiger partial charge in [-0.15, -0.1) is 0 Å². The summed E-state index contributed by atoms with van der Waals surface area (Å²) in [5, 5.41) is 61.9. The van der Waals surface area contributed by atoms with Crippen molar-refractivity contribution in [2.75, 3.05) is 34.2 Å². The van der Waals surface area contributed by atoms with Crippen molar-refractivity contribution in [1.82, 2.24) is 15.1 Å². The minimum absolute atomic E-state index is 0.0556. The van der Waals surface area contributed by atoms with Gasteiger partial charge in [0.25, 0.3) is 0 Å². The fourth-order valence-electron chi connectivity index (χ4n) is 3.35. The average Bonchev–Trinajstić information content (AvgIpc) is 2.51. The van der Waals surface area contributed by atoms with Crippen LogP contribution in [0, 0.1) is 0 Å². The summed E-state index contributed by atoms with van der Waals surface area (Å²) in [6.45, 7) is -0.111. The zero-order valence-corrected chi connectivity index (χ0v) is 14.5. The Morgan fingerprint density at radius 2 is 1.20 bits per heavy atom. The Hall–Kier alpha value is -1.30. The lowest BCUT2D eigenvalue weighted by Gasteiger charge is -2.64. The second-order valence-corrected chi connectivity index (χ2v) is 6.39. The van der Waals surface area contributed by atoms with Crippen LogP contribution in [-0.2, 0) is 9.59 Å². The molecule has 146 valence electrons. The molecule has 0 bridgehead atoms. The van der Waals surface area contributed by atoms with Gasteiger partial charge in [-0.25, -0.2) is 0 Å². The number of aliphatic carboxylic acids is 2. The van der Waals surface area contributed by atoms with Gasteiger partial charge in [0.05, 0.1) is 0 Å². The molecule has 1 aliphatic rings. The molecule has 6 atom stereocenters. The van der Waals surface area contributed by atoms with Gasteiger partial charge in [-0.3, -0.25) is 0 Å². The van der Waals surface area contributed by atoms with Gasteiger partial charge in [-0.05, 0) is 52.1 Å². The Morgan fingerprint density at radius 3 is 1.48 bits per heavy atom. The van der Waals surface area contributed by atoms with Crippen LogP contribution in [-0.4, -0.2) is 92.4 Å². The first kappa shape index (κ1) is 21.7. The number of nitrogens with one attached hydrogen (secondary N) is 1. The smallest absolute Gasteiger partial charge is 0.0427 e. The third-order valence-corrected chi connectivity index (χ3v) is 4.74. The van der Waals surface area contributed by atoms with Crippen molar-refractivity contribution in [2.45, 2.75) is 49.3 Å². The quantitative estimate of drug-likeness (QED) is 0.418. The number of likely N-dealkylation sites (N-methyl/N-ethyl adjacent to an activating group) is 3. The van der Waals surface area contributed by atoms with E-state index < -0.39 is 48.4 Å². The van der Waals surface area contributed by atoms with Gasteiger partial charge in [-0.1, -0.05) is 18.3 Å². The fraction of sp³-hybridized carbons (Fsp3) is 0.867. The lowest BCUT2D eigenvalue weighted by atomic mass is 9.78. The lowest BCUT2D eigenvalue weighted by Crippen LogP contribution is -2.81. The molecule has 0 aromatic carbocycles. The van der Waals surface area contributed by atoms with Gasteiger partial charge in [0.1, 0.15) is 0 Å². The third-order valence-electron chi connectivity index (χ3n) is 4.74. The van der Waals surface area contributed by atoms with Crippen molar-refractivity contribution in [3.8, 4) is 0 Å². The van der Waals surface area contributed by atoms with Crippen LogP contribution in [0.4, 0.5) is 0 Å². The van der Waals surface area contributed by atoms with Crippen LogP contribution in [0.15, 0.2) is 0 Å². The molecule has 10 heteroatoms. The van der Waals surface area contributed by atoms with E-state index in [1.165, 1.54) is 30.9 Å². The molecule has 2 unspecified atom stereocenters. The van der Waals surface area contributed by atoms with Gasteiger partial charge < -0.3 is 50.2 Å². The van der Waals surface area contributed by atoms with Crippen molar-refractivity contribution in [3.05, 3.63) is 0 Å². The molecule has 1 fully saturated rings. The summed E-state index contributed by atoms with van der Waals surface area (Å²) in [4.78, 5) is 23.9. The summed E-state index contributed by atoms with van der Waals surface area (Å²) in [7, 11) is 4.36. The van der Waals surface area contributed by atoms with E-state index in [4.69, 9.17) is 0 Å². The lowest BCUT2D eigenvalue weighted by molar-refractivity contribution is -0.546. The maximum absolute atomic E-state index is 12.8. The number of hydrogen-bond donors (Lipinski definition) is 1. The molecule has 0 heterocycles. The number of carboxylic acid groups (broad SMARTS) is 2. The summed E-state index contributed by atoms with van der Waals surface area (Å²) < 4.78 is 0. The number of nitrogens with zero attached hydrogens (tertiary/aromatic N) is 2. The van der Waals surface area contributed by atoms with E-state index in [9.17, 15) is 35.1 Å². The van der Waals surface area contributed by atoms with E-state index in [0.29, 0.717) is 0 Å². The van der Waals surface area contributed by atoms with E-state index >= 15 is 0 Å². The minimum Gasteiger partial charge on any atom is -0.850 e. The highest BCUT2D eigenvalue weighted by molar-refractivity contribution is 5.64. The van der Waals surface area contributed by atoms with Crippen molar-refractivity contribution >= 4 is 11.9 Å². The zero-order chi connectivity index (χ0) is 19.3. The van der Waals surface area contributed by atoms with E-state index in [2.05, 4.69) is 5.32 Å². The van der Waals surface area contributed by atoms with Gasteiger partial charge in [0.2, 0.25) is 0 Å². The van der Waals surface area contributed by atoms with Crippen LogP contribution in [0.1, 0.15) is 12.8 Å². The topological polar surface area (TPSA) is 168 Å². The Labute approximate surface area is 146 Å². The standard InChI is InChI=1S/C15H26N3O7/c1-16-10-13(23)11(17(2)6-4-8(19)20)15(25)12(14(10)24)18(3)7-5-9(21)22/h10-16H,4-7H2,1-3H3,(H,19,20)(H,21,22)/q-3/p-2/t10?,11-,12+,13-,14+,15?. The summed E-state index contributed by atoms with van der Waals surface area (Å²) in [5.41, 5.74) is 0. The Balaban J connectivity index is 2.99. The molecular formula is C15H24N3O7-5. The molecule has 1 rings (SSSR count).